The van der Waals surface area contributed by atoms with E-state index in [2.05, 4.69) is 15.6 Å². The summed E-state index contributed by atoms with van der Waals surface area (Å²) in [5, 5.41) is 0. The molecule has 0 saturated carbocycles. The number of benzene rings is 2. The number of carbonyl (C=O) groups is 2. The molecule has 3 aromatic rings. The second-order valence-electron chi connectivity index (χ2n) is 6.73. The van der Waals surface area contributed by atoms with Gasteiger partial charge in [-0.3, -0.25) is 4.99 Å². The molecule has 30 heavy (non-hydrogen) atoms. The van der Waals surface area contributed by atoms with Crippen LogP contribution in [0.3, 0.4) is 0 Å². The predicted octanol–water partition coefficient (Wildman–Crippen LogP) is 4.81. The molecule has 1 aromatic heterocycles. The van der Waals surface area contributed by atoms with Gasteiger partial charge in [0, 0.05) is 28.9 Å². The lowest BCUT2D eigenvalue weighted by Crippen LogP contribution is -2.05. The van der Waals surface area contributed by atoms with Crippen molar-refractivity contribution in [3.63, 3.8) is 0 Å². The van der Waals surface area contributed by atoms with Crippen LogP contribution < -0.4 is 0 Å². The molecule has 3 rings (SSSR count). The van der Waals surface area contributed by atoms with Crippen LogP contribution in [0.5, 0.6) is 0 Å². The minimum absolute atomic E-state index is 0.323. The highest BCUT2D eigenvalue weighted by molar-refractivity contribution is 5.90. The molecule has 0 bridgehead atoms. The Hall–Kier alpha value is -3.67. The van der Waals surface area contributed by atoms with Crippen molar-refractivity contribution >= 4 is 23.8 Å². The Bertz CT molecular complexity index is 1080. The van der Waals surface area contributed by atoms with Crippen LogP contribution >= 0.6 is 0 Å². The van der Waals surface area contributed by atoms with Crippen LogP contribution in [0.25, 0.3) is 5.69 Å². The van der Waals surface area contributed by atoms with Gasteiger partial charge in [0.2, 0.25) is 0 Å². The monoisotopic (exact) mass is 404 g/mol. The van der Waals surface area contributed by atoms with Gasteiger partial charge in [0.15, 0.2) is 0 Å². The van der Waals surface area contributed by atoms with E-state index in [-0.39, 0.29) is 11.9 Å². The number of hydrogen-bond acceptors (Lipinski definition) is 5. The van der Waals surface area contributed by atoms with Crippen molar-refractivity contribution in [1.29, 1.82) is 0 Å². The number of aryl methyl sites for hydroxylation is 1. The standard InChI is InChI=1S/C24H24N2O4/c1-5-30-24(28)19-8-12-22(13-9-19)26-16(2)14-20(17(26)3)15-25-21-10-6-18(7-11-21)23(27)29-4/h6-15H,5H2,1-4H3. The number of esters is 2. The third-order valence-corrected chi connectivity index (χ3v) is 4.75. The molecule has 0 aliphatic rings. The average molecular weight is 404 g/mol. The molecule has 0 saturated heterocycles. The molecular formula is C24H24N2O4. The molecule has 0 amide bonds. The van der Waals surface area contributed by atoms with E-state index in [4.69, 9.17) is 9.47 Å². The Kier molecular flexibility index (Phi) is 6.47. The Morgan fingerprint density at radius 3 is 2.17 bits per heavy atom. The topological polar surface area (TPSA) is 69.9 Å². The first kappa shape index (κ1) is 21.0. The van der Waals surface area contributed by atoms with Gasteiger partial charge in [-0.15, -0.1) is 0 Å². The molecular weight excluding hydrogens is 380 g/mol. The van der Waals surface area contributed by atoms with Crippen molar-refractivity contribution in [3.8, 4) is 5.69 Å². The maximum absolute atomic E-state index is 11.9. The summed E-state index contributed by atoms with van der Waals surface area (Å²) in [7, 11) is 1.36. The molecule has 154 valence electrons. The Morgan fingerprint density at radius 1 is 0.967 bits per heavy atom. The van der Waals surface area contributed by atoms with Gasteiger partial charge in [0.1, 0.15) is 0 Å². The van der Waals surface area contributed by atoms with Crippen LogP contribution in [0, 0.1) is 13.8 Å². The van der Waals surface area contributed by atoms with Gasteiger partial charge in [-0.2, -0.15) is 0 Å². The van der Waals surface area contributed by atoms with E-state index in [1.54, 1.807) is 49.5 Å². The summed E-state index contributed by atoms with van der Waals surface area (Å²) >= 11 is 0. The summed E-state index contributed by atoms with van der Waals surface area (Å²) in [6, 6.07) is 16.3. The molecule has 6 heteroatoms. The van der Waals surface area contributed by atoms with Crippen molar-refractivity contribution in [3.05, 3.63) is 82.7 Å². The highest BCUT2D eigenvalue weighted by Gasteiger charge is 2.11. The third-order valence-electron chi connectivity index (χ3n) is 4.75. The Labute approximate surface area is 175 Å². The number of aliphatic imine (C=N–C) groups is 1. The molecule has 6 nitrogen and oxygen atoms in total. The van der Waals surface area contributed by atoms with Gasteiger partial charge in [0.25, 0.3) is 0 Å². The fraction of sp³-hybridized carbons (Fsp3) is 0.208. The minimum Gasteiger partial charge on any atom is -0.465 e. The zero-order valence-corrected chi connectivity index (χ0v) is 17.5. The highest BCUT2D eigenvalue weighted by Crippen LogP contribution is 2.21. The first-order valence-corrected chi connectivity index (χ1v) is 9.63. The van der Waals surface area contributed by atoms with Gasteiger partial charge in [-0.25, -0.2) is 9.59 Å². The fourth-order valence-electron chi connectivity index (χ4n) is 3.22. The maximum Gasteiger partial charge on any atom is 0.338 e. The zero-order chi connectivity index (χ0) is 21.7. The lowest BCUT2D eigenvalue weighted by molar-refractivity contribution is 0.0525. The number of ether oxygens (including phenoxy) is 2. The first-order valence-electron chi connectivity index (χ1n) is 9.63. The molecule has 0 N–H and O–H groups in total. The summed E-state index contributed by atoms with van der Waals surface area (Å²) in [5.41, 5.74) is 5.79. The quantitative estimate of drug-likeness (QED) is 0.437. The van der Waals surface area contributed by atoms with Crippen LogP contribution in [-0.2, 0) is 9.47 Å². The SMILES string of the molecule is CCOC(=O)c1ccc(-n2c(C)cc(C=Nc3ccc(C(=O)OC)cc3)c2C)cc1. The van der Waals surface area contributed by atoms with Crippen molar-refractivity contribution in [2.75, 3.05) is 13.7 Å². The normalized spacial score (nSPS) is 10.9. The van der Waals surface area contributed by atoms with Gasteiger partial charge in [0.05, 0.1) is 30.5 Å². The fourth-order valence-corrected chi connectivity index (χ4v) is 3.22. The molecule has 0 atom stereocenters. The highest BCUT2D eigenvalue weighted by atomic mass is 16.5. The zero-order valence-electron chi connectivity index (χ0n) is 17.5. The van der Waals surface area contributed by atoms with Crippen molar-refractivity contribution in [1.82, 2.24) is 4.57 Å². The number of aromatic nitrogens is 1. The summed E-state index contributed by atoms with van der Waals surface area (Å²) in [6.45, 7) is 6.18. The molecule has 1 heterocycles. The second kappa shape index (κ2) is 9.22. The molecule has 0 fully saturated rings. The number of carbonyl (C=O) groups excluding carboxylic acids is 2. The van der Waals surface area contributed by atoms with E-state index in [1.807, 2.05) is 26.0 Å². The van der Waals surface area contributed by atoms with Crippen molar-refractivity contribution < 1.29 is 19.1 Å². The Balaban J connectivity index is 1.82. The van der Waals surface area contributed by atoms with Crippen LogP contribution in [0.15, 0.2) is 59.6 Å². The number of rotatable bonds is 6. The minimum atomic E-state index is -0.372. The number of methoxy groups -OCH3 is 1. The van der Waals surface area contributed by atoms with E-state index >= 15 is 0 Å². The van der Waals surface area contributed by atoms with E-state index in [0.29, 0.717) is 17.7 Å². The summed E-state index contributed by atoms with van der Waals surface area (Å²) in [4.78, 5) is 27.9. The summed E-state index contributed by atoms with van der Waals surface area (Å²) in [6.07, 6.45) is 1.80. The Morgan fingerprint density at radius 2 is 1.57 bits per heavy atom. The van der Waals surface area contributed by atoms with Gasteiger partial charge >= 0.3 is 11.9 Å². The number of nitrogens with zero attached hydrogens (tertiary/aromatic N) is 2. The van der Waals surface area contributed by atoms with Crippen LogP contribution in [0.1, 0.15) is 44.6 Å². The molecule has 0 unspecified atom stereocenters. The van der Waals surface area contributed by atoms with Crippen molar-refractivity contribution in [2.24, 2.45) is 4.99 Å². The van der Waals surface area contributed by atoms with Crippen molar-refractivity contribution in [2.45, 2.75) is 20.8 Å². The van der Waals surface area contributed by atoms with E-state index in [9.17, 15) is 9.59 Å². The van der Waals surface area contributed by atoms with Crippen LogP contribution in [-0.4, -0.2) is 36.4 Å². The van der Waals surface area contributed by atoms with Crippen LogP contribution in [0.4, 0.5) is 5.69 Å². The smallest absolute Gasteiger partial charge is 0.338 e. The lowest BCUT2D eigenvalue weighted by atomic mass is 10.2. The van der Waals surface area contributed by atoms with E-state index in [1.165, 1.54) is 7.11 Å². The van der Waals surface area contributed by atoms with Crippen LogP contribution in [0.2, 0.25) is 0 Å². The predicted molar refractivity (Wildman–Crippen MR) is 116 cm³/mol. The third kappa shape index (κ3) is 4.49. The van der Waals surface area contributed by atoms with E-state index in [0.717, 1.165) is 28.3 Å². The lowest BCUT2D eigenvalue weighted by Gasteiger charge is -2.10. The molecule has 2 aromatic carbocycles. The van der Waals surface area contributed by atoms with Gasteiger partial charge < -0.3 is 14.0 Å². The molecule has 0 aliphatic heterocycles. The van der Waals surface area contributed by atoms with Gasteiger partial charge in [-0.05, 0) is 75.4 Å². The van der Waals surface area contributed by atoms with Gasteiger partial charge in [-0.1, -0.05) is 0 Å². The summed E-state index contributed by atoms with van der Waals surface area (Å²) < 4.78 is 11.9. The average Bonchev–Trinajstić information content (AvgIpc) is 3.05. The molecule has 0 radical (unpaired) electrons. The largest absolute Gasteiger partial charge is 0.465 e. The number of hydrogen-bond donors (Lipinski definition) is 0. The van der Waals surface area contributed by atoms with E-state index < -0.39 is 0 Å². The molecule has 0 aliphatic carbocycles. The molecule has 0 spiro atoms. The summed E-state index contributed by atoms with van der Waals surface area (Å²) in [5.74, 6) is -0.695. The first-order chi connectivity index (χ1) is 14.4. The second-order valence-corrected chi connectivity index (χ2v) is 6.73. The maximum atomic E-state index is 11.9.